The van der Waals surface area contributed by atoms with E-state index in [2.05, 4.69) is 28.7 Å². The predicted molar refractivity (Wildman–Crippen MR) is 62.8 cm³/mol. The van der Waals surface area contributed by atoms with Crippen LogP contribution in [-0.4, -0.2) is 18.0 Å². The summed E-state index contributed by atoms with van der Waals surface area (Å²) in [4.78, 5) is 2.66. The summed E-state index contributed by atoms with van der Waals surface area (Å²) in [6, 6.07) is 3.02. The van der Waals surface area contributed by atoms with Gasteiger partial charge in [0.05, 0.1) is 0 Å². The van der Waals surface area contributed by atoms with Crippen molar-refractivity contribution in [3.05, 3.63) is 22.4 Å². The van der Waals surface area contributed by atoms with Gasteiger partial charge in [0.15, 0.2) is 0 Å². The maximum Gasteiger partial charge on any atom is 0.0356 e. The topological polar surface area (TPSA) is 3.24 Å². The zero-order valence-electron chi connectivity index (χ0n) is 8.91. The summed E-state index contributed by atoms with van der Waals surface area (Å²) in [5.41, 5.74) is 1.55. The van der Waals surface area contributed by atoms with Gasteiger partial charge in [-0.05, 0) is 54.7 Å². The molecule has 0 radical (unpaired) electrons. The number of hydrogen-bond donors (Lipinski definition) is 0. The highest BCUT2D eigenvalue weighted by molar-refractivity contribution is 7.07. The van der Waals surface area contributed by atoms with E-state index < -0.39 is 0 Å². The van der Waals surface area contributed by atoms with Crippen molar-refractivity contribution in [2.24, 2.45) is 0 Å². The molecule has 1 saturated heterocycles. The van der Waals surface area contributed by atoms with E-state index in [0.29, 0.717) is 0 Å². The van der Waals surface area contributed by atoms with Gasteiger partial charge >= 0.3 is 0 Å². The van der Waals surface area contributed by atoms with Crippen LogP contribution in [0.25, 0.3) is 0 Å². The molecule has 0 aromatic carbocycles. The van der Waals surface area contributed by atoms with Crippen molar-refractivity contribution in [1.29, 1.82) is 0 Å². The fourth-order valence-electron chi connectivity index (χ4n) is 2.30. The zero-order valence-corrected chi connectivity index (χ0v) is 9.72. The Morgan fingerprint density at radius 2 is 2.50 bits per heavy atom. The molecule has 14 heavy (non-hydrogen) atoms. The standard InChI is InChI=1S/C12H19NS/c1-2-3-7-13-8-4-5-12(13)11-6-9-14-10-11/h6,9-10,12H,2-5,7-8H2,1H3/t12-/m1/s1. The van der Waals surface area contributed by atoms with Crippen molar-refractivity contribution in [3.63, 3.8) is 0 Å². The van der Waals surface area contributed by atoms with Crippen LogP contribution in [0.1, 0.15) is 44.2 Å². The first kappa shape index (κ1) is 10.2. The van der Waals surface area contributed by atoms with Crippen LogP contribution in [0, 0.1) is 0 Å². The van der Waals surface area contributed by atoms with E-state index >= 15 is 0 Å². The third-order valence-corrected chi connectivity index (χ3v) is 3.79. The Morgan fingerprint density at radius 1 is 1.57 bits per heavy atom. The molecule has 0 unspecified atom stereocenters. The molecule has 1 atom stereocenters. The number of unbranched alkanes of at least 4 members (excludes halogenated alkanes) is 1. The van der Waals surface area contributed by atoms with Crippen LogP contribution >= 0.6 is 11.3 Å². The minimum atomic E-state index is 0.729. The van der Waals surface area contributed by atoms with E-state index in [1.54, 1.807) is 5.56 Å². The average Bonchev–Trinajstić information content (AvgIpc) is 2.84. The lowest BCUT2D eigenvalue weighted by molar-refractivity contribution is 0.253. The number of rotatable bonds is 4. The lowest BCUT2D eigenvalue weighted by Crippen LogP contribution is -2.23. The summed E-state index contributed by atoms with van der Waals surface area (Å²) in [6.07, 6.45) is 5.40. The molecule has 0 N–H and O–H groups in total. The number of hydrogen-bond acceptors (Lipinski definition) is 2. The second kappa shape index (κ2) is 4.94. The van der Waals surface area contributed by atoms with E-state index in [1.165, 1.54) is 38.8 Å². The van der Waals surface area contributed by atoms with Gasteiger partial charge in [-0.2, -0.15) is 11.3 Å². The molecule has 1 aromatic rings. The summed E-state index contributed by atoms with van der Waals surface area (Å²) in [7, 11) is 0. The van der Waals surface area contributed by atoms with Gasteiger partial charge in [-0.15, -0.1) is 0 Å². The van der Waals surface area contributed by atoms with Gasteiger partial charge in [-0.1, -0.05) is 13.3 Å². The summed E-state index contributed by atoms with van der Waals surface area (Å²) in [5.74, 6) is 0. The lowest BCUT2D eigenvalue weighted by Gasteiger charge is -2.23. The Morgan fingerprint density at radius 3 is 3.21 bits per heavy atom. The molecular weight excluding hydrogens is 190 g/mol. The van der Waals surface area contributed by atoms with Gasteiger partial charge in [-0.3, -0.25) is 4.90 Å². The Balaban J connectivity index is 1.97. The monoisotopic (exact) mass is 209 g/mol. The average molecular weight is 209 g/mol. The third kappa shape index (κ3) is 2.18. The molecule has 2 rings (SSSR count). The van der Waals surface area contributed by atoms with Crippen LogP contribution in [0.5, 0.6) is 0 Å². The first-order valence-electron chi connectivity index (χ1n) is 5.68. The number of thiophene rings is 1. The molecule has 0 saturated carbocycles. The fraction of sp³-hybridized carbons (Fsp3) is 0.667. The zero-order chi connectivity index (χ0) is 9.80. The quantitative estimate of drug-likeness (QED) is 0.731. The molecule has 1 aliphatic rings. The van der Waals surface area contributed by atoms with Gasteiger partial charge in [0.25, 0.3) is 0 Å². The van der Waals surface area contributed by atoms with Crippen molar-refractivity contribution in [1.82, 2.24) is 4.90 Å². The molecule has 2 heteroatoms. The van der Waals surface area contributed by atoms with E-state index in [9.17, 15) is 0 Å². The molecule has 1 aromatic heterocycles. The largest absolute Gasteiger partial charge is 0.296 e. The molecule has 0 spiro atoms. The number of likely N-dealkylation sites (tertiary alicyclic amines) is 1. The normalized spacial score (nSPS) is 23.1. The molecule has 1 fully saturated rings. The first-order chi connectivity index (χ1) is 6.92. The first-order valence-corrected chi connectivity index (χ1v) is 6.62. The highest BCUT2D eigenvalue weighted by Crippen LogP contribution is 2.32. The molecule has 1 nitrogen and oxygen atoms in total. The number of nitrogens with zero attached hydrogens (tertiary/aromatic N) is 1. The maximum absolute atomic E-state index is 2.66. The Labute approximate surface area is 90.7 Å². The molecular formula is C12H19NS. The maximum atomic E-state index is 2.66. The Bertz CT molecular complexity index is 255. The SMILES string of the molecule is CCCCN1CCC[C@@H]1c1ccsc1. The molecule has 0 aliphatic carbocycles. The second-order valence-electron chi connectivity index (χ2n) is 4.10. The van der Waals surface area contributed by atoms with Crippen LogP contribution < -0.4 is 0 Å². The molecule has 0 bridgehead atoms. The van der Waals surface area contributed by atoms with Gasteiger partial charge in [0.1, 0.15) is 0 Å². The molecule has 0 amide bonds. The van der Waals surface area contributed by atoms with E-state index in [1.807, 2.05) is 11.3 Å². The van der Waals surface area contributed by atoms with Crippen molar-refractivity contribution < 1.29 is 0 Å². The van der Waals surface area contributed by atoms with Crippen molar-refractivity contribution in [2.45, 2.75) is 38.6 Å². The van der Waals surface area contributed by atoms with Crippen molar-refractivity contribution in [2.75, 3.05) is 13.1 Å². The van der Waals surface area contributed by atoms with Crippen LogP contribution in [0.4, 0.5) is 0 Å². The van der Waals surface area contributed by atoms with E-state index in [0.717, 1.165) is 6.04 Å². The van der Waals surface area contributed by atoms with Gasteiger partial charge in [0.2, 0.25) is 0 Å². The summed E-state index contributed by atoms with van der Waals surface area (Å²) in [5, 5.41) is 4.51. The van der Waals surface area contributed by atoms with Gasteiger partial charge < -0.3 is 0 Å². The molecule has 2 heterocycles. The van der Waals surface area contributed by atoms with Crippen molar-refractivity contribution >= 4 is 11.3 Å². The minimum absolute atomic E-state index is 0.729. The molecule has 1 aliphatic heterocycles. The molecule has 78 valence electrons. The van der Waals surface area contributed by atoms with E-state index in [-0.39, 0.29) is 0 Å². The Kier molecular flexibility index (Phi) is 3.60. The minimum Gasteiger partial charge on any atom is -0.296 e. The second-order valence-corrected chi connectivity index (χ2v) is 4.88. The van der Waals surface area contributed by atoms with Crippen LogP contribution in [-0.2, 0) is 0 Å². The van der Waals surface area contributed by atoms with Crippen LogP contribution in [0.2, 0.25) is 0 Å². The van der Waals surface area contributed by atoms with Gasteiger partial charge in [0, 0.05) is 6.04 Å². The van der Waals surface area contributed by atoms with Crippen LogP contribution in [0.3, 0.4) is 0 Å². The fourth-order valence-corrected chi connectivity index (χ4v) is 3.00. The highest BCUT2D eigenvalue weighted by Gasteiger charge is 2.25. The predicted octanol–water partition coefficient (Wildman–Crippen LogP) is 3.69. The lowest BCUT2D eigenvalue weighted by atomic mass is 10.1. The highest BCUT2D eigenvalue weighted by atomic mass is 32.1. The van der Waals surface area contributed by atoms with E-state index in [4.69, 9.17) is 0 Å². The van der Waals surface area contributed by atoms with Gasteiger partial charge in [-0.25, -0.2) is 0 Å². The summed E-state index contributed by atoms with van der Waals surface area (Å²) < 4.78 is 0. The summed E-state index contributed by atoms with van der Waals surface area (Å²) in [6.45, 7) is 4.87. The van der Waals surface area contributed by atoms with Crippen molar-refractivity contribution in [3.8, 4) is 0 Å². The summed E-state index contributed by atoms with van der Waals surface area (Å²) >= 11 is 1.83. The third-order valence-electron chi connectivity index (χ3n) is 3.09. The Hall–Kier alpha value is -0.340. The smallest absolute Gasteiger partial charge is 0.0356 e. The van der Waals surface area contributed by atoms with Crippen LogP contribution in [0.15, 0.2) is 16.8 Å².